The Morgan fingerprint density at radius 3 is 1.04 bits per heavy atom. The van der Waals surface area contributed by atoms with Crippen LogP contribution in [0.1, 0.15) is 148 Å². The molecule has 0 atom stereocenters. The van der Waals surface area contributed by atoms with Gasteiger partial charge in [-0.1, -0.05) is 149 Å². The molecule has 7 aromatic rings. The maximum absolute atomic E-state index is 5.78. The van der Waals surface area contributed by atoms with Crippen LogP contribution in [0.2, 0.25) is 0 Å². The molecule has 0 radical (unpaired) electrons. The predicted molar refractivity (Wildman–Crippen MR) is 316 cm³/mol. The van der Waals surface area contributed by atoms with Crippen LogP contribution in [0.5, 0.6) is 17.2 Å². The van der Waals surface area contributed by atoms with Crippen LogP contribution in [0.3, 0.4) is 0 Å². The molecule has 0 fully saturated rings. The van der Waals surface area contributed by atoms with Gasteiger partial charge in [-0.05, 0) is 241 Å². The summed E-state index contributed by atoms with van der Waals surface area (Å²) in [6.07, 6.45) is 4.53. The fourth-order valence-corrected chi connectivity index (χ4v) is 8.27. The summed E-state index contributed by atoms with van der Waals surface area (Å²) in [5.41, 5.74) is 26.5. The number of methoxy groups -OCH3 is 1. The van der Waals surface area contributed by atoms with Crippen LogP contribution in [0.4, 0.5) is 0 Å². The quantitative estimate of drug-likeness (QED) is 0.114. The summed E-state index contributed by atoms with van der Waals surface area (Å²) in [7, 11) is 1.70. The van der Waals surface area contributed by atoms with E-state index in [-0.39, 0.29) is 0 Å². The van der Waals surface area contributed by atoms with E-state index in [1.54, 1.807) is 7.11 Å². The van der Waals surface area contributed by atoms with Gasteiger partial charge in [0.25, 0.3) is 0 Å². The van der Waals surface area contributed by atoms with Crippen LogP contribution >= 0.6 is 0 Å². The Balaban J connectivity index is 0.000000247. The molecular weight excluding hydrogens is 877 g/mol. The predicted octanol–water partition coefficient (Wildman–Crippen LogP) is 19.9. The van der Waals surface area contributed by atoms with Crippen LogP contribution in [-0.4, -0.2) is 20.3 Å². The minimum atomic E-state index is 0.643. The molecule has 0 aliphatic heterocycles. The summed E-state index contributed by atoms with van der Waals surface area (Å²) in [4.78, 5) is 0. The van der Waals surface area contributed by atoms with E-state index in [0.717, 1.165) is 67.3 Å². The normalized spacial score (nSPS) is 10.4. The van der Waals surface area contributed by atoms with E-state index in [2.05, 4.69) is 234 Å². The molecule has 0 aromatic heterocycles. The van der Waals surface area contributed by atoms with Gasteiger partial charge in [-0.15, -0.1) is 0 Å². The van der Waals surface area contributed by atoms with E-state index in [9.17, 15) is 0 Å². The minimum absolute atomic E-state index is 0.643. The smallest absolute Gasteiger partial charge is 0.122 e. The van der Waals surface area contributed by atoms with Crippen molar-refractivity contribution in [2.45, 2.75) is 163 Å². The van der Waals surface area contributed by atoms with Crippen molar-refractivity contribution >= 4 is 0 Å². The molecule has 0 aliphatic rings. The van der Waals surface area contributed by atoms with Gasteiger partial charge in [-0.25, -0.2) is 0 Å². The molecular formula is C69H92O3. The van der Waals surface area contributed by atoms with Crippen molar-refractivity contribution in [3.63, 3.8) is 0 Å². The first kappa shape index (κ1) is 60.2. The molecule has 0 saturated heterocycles. The molecule has 0 aliphatic carbocycles. The standard InChI is InChI=1S/C22H22.C16H26O2.C12H18.C10H14.C9H12O/c1-15-5-9-19(10-6-15)21-13-18(4)22(14-17(21)3)20-11-7-16(2)8-12-20;1-5-7-9-17-15-11-14(4)16(12-13(15)3)18-10-8-6-2;1-8(2)12-7-10(4)9(3)6-11(12)5;1-7-5-9(3)10(4)6-8(7)2;1-7-4-5-8(2)9(6-7)10-3/h5-14H,1-4H3;11-12H,5-10H2,1-4H3;6-8H,1-5H3;5-6H,1-4H3;4-6H,1-3H3. The highest BCUT2D eigenvalue weighted by molar-refractivity contribution is 5.76. The van der Waals surface area contributed by atoms with E-state index in [0.29, 0.717) is 5.92 Å². The van der Waals surface area contributed by atoms with Crippen molar-refractivity contribution in [2.24, 2.45) is 0 Å². The number of aryl methyl sites for hydroxylation is 15. The second kappa shape index (κ2) is 30.1. The summed E-state index contributed by atoms with van der Waals surface area (Å²) in [5, 5.41) is 0. The van der Waals surface area contributed by atoms with Gasteiger partial charge in [0, 0.05) is 0 Å². The Morgan fingerprint density at radius 1 is 0.333 bits per heavy atom. The van der Waals surface area contributed by atoms with Gasteiger partial charge >= 0.3 is 0 Å². The molecule has 0 unspecified atom stereocenters. The first-order chi connectivity index (χ1) is 34.1. The molecule has 0 bridgehead atoms. The van der Waals surface area contributed by atoms with E-state index >= 15 is 0 Å². The Bertz CT molecular complexity index is 2590. The first-order valence-electron chi connectivity index (χ1n) is 26.5. The summed E-state index contributed by atoms with van der Waals surface area (Å²) < 4.78 is 16.7. The van der Waals surface area contributed by atoms with Crippen LogP contribution in [-0.2, 0) is 0 Å². The molecule has 0 heterocycles. The second-order valence-electron chi connectivity index (χ2n) is 20.4. The third-order valence-corrected chi connectivity index (χ3v) is 13.5. The van der Waals surface area contributed by atoms with Gasteiger partial charge in [-0.3, -0.25) is 0 Å². The molecule has 0 saturated carbocycles. The average molecular weight is 969 g/mol. The zero-order valence-electron chi connectivity index (χ0n) is 48.5. The fourth-order valence-electron chi connectivity index (χ4n) is 8.27. The van der Waals surface area contributed by atoms with Gasteiger partial charge in [0.15, 0.2) is 0 Å². The highest BCUT2D eigenvalue weighted by Gasteiger charge is 2.10. The van der Waals surface area contributed by atoms with Crippen molar-refractivity contribution in [3.05, 3.63) is 204 Å². The highest BCUT2D eigenvalue weighted by Crippen LogP contribution is 2.33. The molecule has 3 heteroatoms. The second-order valence-corrected chi connectivity index (χ2v) is 20.4. The Hall–Kier alpha value is -6.06. The van der Waals surface area contributed by atoms with Gasteiger partial charge in [-0.2, -0.15) is 0 Å². The maximum Gasteiger partial charge on any atom is 0.122 e. The minimum Gasteiger partial charge on any atom is -0.496 e. The van der Waals surface area contributed by atoms with Gasteiger partial charge in [0.05, 0.1) is 20.3 Å². The SMILES string of the molecule is CCCCOc1cc(C)c(OCCCC)cc1C.COc1cc(C)ccc1C.Cc1cc(C)c(C(C)C)cc1C.Cc1cc(C)c(C)cc1C.Cc1ccc(-c2cc(C)c(-c3ccc(C)cc3)cc2C)cc1. The zero-order valence-corrected chi connectivity index (χ0v) is 48.5. The van der Waals surface area contributed by atoms with Gasteiger partial charge in [0.2, 0.25) is 0 Å². The third-order valence-electron chi connectivity index (χ3n) is 13.5. The fraction of sp³-hybridized carbons (Fsp3) is 0.391. The molecule has 0 spiro atoms. The molecule has 7 rings (SSSR count). The monoisotopic (exact) mass is 969 g/mol. The van der Waals surface area contributed by atoms with Crippen molar-refractivity contribution in [1.29, 1.82) is 0 Å². The molecule has 72 heavy (non-hydrogen) atoms. The zero-order chi connectivity index (χ0) is 53.7. The summed E-state index contributed by atoms with van der Waals surface area (Å²) >= 11 is 0. The Labute approximate surface area is 439 Å². The first-order valence-corrected chi connectivity index (χ1v) is 26.5. The summed E-state index contributed by atoms with van der Waals surface area (Å²) in [5.74, 6) is 3.59. The van der Waals surface area contributed by atoms with Crippen LogP contribution in [0.15, 0.2) is 115 Å². The van der Waals surface area contributed by atoms with Gasteiger partial charge in [0.1, 0.15) is 17.2 Å². The summed E-state index contributed by atoms with van der Waals surface area (Å²) in [6, 6.07) is 41.6. The number of rotatable bonds is 12. The topological polar surface area (TPSA) is 27.7 Å². The van der Waals surface area contributed by atoms with E-state index in [1.807, 2.05) is 13.0 Å². The number of ether oxygens (including phenoxy) is 3. The average Bonchev–Trinajstić information content (AvgIpc) is 3.34. The highest BCUT2D eigenvalue weighted by atomic mass is 16.5. The maximum atomic E-state index is 5.78. The van der Waals surface area contributed by atoms with Crippen molar-refractivity contribution in [1.82, 2.24) is 0 Å². The number of hydrogen-bond acceptors (Lipinski definition) is 3. The van der Waals surface area contributed by atoms with Gasteiger partial charge < -0.3 is 14.2 Å². The number of hydrogen-bond donors (Lipinski definition) is 0. The van der Waals surface area contributed by atoms with E-state index in [4.69, 9.17) is 14.2 Å². The van der Waals surface area contributed by atoms with Crippen molar-refractivity contribution < 1.29 is 14.2 Å². The lowest BCUT2D eigenvalue weighted by Crippen LogP contribution is -2.02. The van der Waals surface area contributed by atoms with Crippen LogP contribution in [0, 0.1) is 104 Å². The van der Waals surface area contributed by atoms with E-state index in [1.165, 1.54) is 100 Å². The molecule has 0 N–H and O–H groups in total. The van der Waals surface area contributed by atoms with Crippen LogP contribution in [0.25, 0.3) is 22.3 Å². The lowest BCUT2D eigenvalue weighted by Gasteiger charge is -2.14. The number of unbranched alkanes of at least 4 members (excludes halogenated alkanes) is 2. The van der Waals surface area contributed by atoms with Crippen molar-refractivity contribution in [2.75, 3.05) is 20.3 Å². The van der Waals surface area contributed by atoms with Crippen molar-refractivity contribution in [3.8, 4) is 39.5 Å². The molecule has 0 amide bonds. The Kier molecular flexibility index (Phi) is 25.2. The lowest BCUT2D eigenvalue weighted by atomic mass is 9.91. The molecule has 7 aromatic carbocycles. The number of benzene rings is 7. The van der Waals surface area contributed by atoms with Crippen LogP contribution < -0.4 is 14.2 Å². The molecule has 386 valence electrons. The van der Waals surface area contributed by atoms with E-state index < -0.39 is 0 Å². The largest absolute Gasteiger partial charge is 0.496 e. The summed E-state index contributed by atoms with van der Waals surface area (Å²) in [6.45, 7) is 42.5. The third kappa shape index (κ3) is 19.2. The Morgan fingerprint density at radius 2 is 0.694 bits per heavy atom. The lowest BCUT2D eigenvalue weighted by molar-refractivity contribution is 0.297. The molecule has 3 nitrogen and oxygen atoms in total.